The normalized spacial score (nSPS) is 19.5. The van der Waals surface area contributed by atoms with Crippen LogP contribution < -0.4 is 0 Å². The number of carbonyl (C=O) groups excluding carboxylic acids is 1. The van der Waals surface area contributed by atoms with E-state index in [1.54, 1.807) is 0 Å². The molecule has 3 aromatic carbocycles. The summed E-state index contributed by atoms with van der Waals surface area (Å²) in [6.45, 7) is 0. The Morgan fingerprint density at radius 1 is 0.731 bits per heavy atom. The largest absolute Gasteiger partial charge is 0.426 e. The third kappa shape index (κ3) is 3.45. The van der Waals surface area contributed by atoms with E-state index in [-0.39, 0.29) is 17.8 Å². The van der Waals surface area contributed by atoms with Crippen molar-refractivity contribution >= 4 is 11.7 Å². The maximum atomic E-state index is 12.9. The lowest BCUT2D eigenvalue weighted by atomic mass is 9.80. The van der Waals surface area contributed by atoms with Crippen LogP contribution >= 0.6 is 0 Å². The number of ether oxygens (including phenoxy) is 1. The van der Waals surface area contributed by atoms with Crippen molar-refractivity contribution in [3.63, 3.8) is 0 Å². The van der Waals surface area contributed by atoms with Gasteiger partial charge < -0.3 is 4.74 Å². The van der Waals surface area contributed by atoms with Crippen molar-refractivity contribution in [3.05, 3.63) is 114 Å². The van der Waals surface area contributed by atoms with E-state index >= 15 is 0 Å². The number of benzene rings is 3. The molecule has 0 amide bonds. The van der Waals surface area contributed by atoms with E-state index in [0.717, 1.165) is 16.7 Å². The molecule has 3 aromatic rings. The van der Waals surface area contributed by atoms with Gasteiger partial charge in [-0.3, -0.25) is 4.79 Å². The van der Waals surface area contributed by atoms with Gasteiger partial charge in [0.2, 0.25) is 0 Å². The smallest absolute Gasteiger partial charge is 0.315 e. The first-order valence-electron chi connectivity index (χ1n) is 8.89. The van der Waals surface area contributed by atoms with Gasteiger partial charge in [0.15, 0.2) is 0 Å². The van der Waals surface area contributed by atoms with Crippen molar-refractivity contribution in [2.45, 2.75) is 12.3 Å². The van der Waals surface area contributed by atoms with Crippen LogP contribution in [0.3, 0.4) is 0 Å². The quantitative estimate of drug-likeness (QED) is 0.608. The fourth-order valence-corrected chi connectivity index (χ4v) is 3.48. The van der Waals surface area contributed by atoms with E-state index in [1.165, 1.54) is 0 Å². The van der Waals surface area contributed by atoms with Crippen LogP contribution in [0.5, 0.6) is 0 Å². The third-order valence-electron chi connectivity index (χ3n) is 4.82. The summed E-state index contributed by atoms with van der Waals surface area (Å²) in [6.07, 6.45) is 2.76. The van der Waals surface area contributed by atoms with Crippen molar-refractivity contribution in [2.24, 2.45) is 5.92 Å². The van der Waals surface area contributed by atoms with Crippen LogP contribution in [0.4, 0.5) is 0 Å². The zero-order valence-corrected chi connectivity index (χ0v) is 14.4. The van der Waals surface area contributed by atoms with Crippen molar-refractivity contribution in [3.8, 4) is 0 Å². The van der Waals surface area contributed by atoms with Crippen LogP contribution in [0.2, 0.25) is 0 Å². The van der Waals surface area contributed by atoms with Crippen LogP contribution in [-0.4, -0.2) is 5.97 Å². The summed E-state index contributed by atoms with van der Waals surface area (Å²) in [6, 6.07) is 30.1. The van der Waals surface area contributed by atoms with Gasteiger partial charge >= 0.3 is 5.97 Å². The summed E-state index contributed by atoms with van der Waals surface area (Å²) in [5.41, 5.74) is 3.21. The summed E-state index contributed by atoms with van der Waals surface area (Å²) in [5.74, 6) is 0.248. The number of hydrogen-bond donors (Lipinski definition) is 0. The molecule has 0 fully saturated rings. The number of esters is 1. The topological polar surface area (TPSA) is 26.3 Å². The van der Waals surface area contributed by atoms with Gasteiger partial charge in [0, 0.05) is 11.5 Å². The molecule has 4 rings (SSSR count). The highest BCUT2D eigenvalue weighted by atomic mass is 16.5. The van der Waals surface area contributed by atoms with Crippen LogP contribution in [0.15, 0.2) is 97.1 Å². The zero-order valence-electron chi connectivity index (χ0n) is 14.4. The van der Waals surface area contributed by atoms with E-state index in [2.05, 4.69) is 30.3 Å². The Bertz CT molecular complexity index is 899. The van der Waals surface area contributed by atoms with Crippen molar-refractivity contribution in [1.82, 2.24) is 0 Å². The molecule has 0 saturated heterocycles. The molecule has 1 heterocycles. The summed E-state index contributed by atoms with van der Waals surface area (Å²) >= 11 is 0. The summed E-state index contributed by atoms with van der Waals surface area (Å²) < 4.78 is 5.73. The molecule has 26 heavy (non-hydrogen) atoms. The molecule has 1 aliphatic heterocycles. The monoisotopic (exact) mass is 340 g/mol. The van der Waals surface area contributed by atoms with E-state index in [1.807, 2.05) is 66.7 Å². The minimum absolute atomic E-state index is 0.00661. The molecular weight excluding hydrogens is 320 g/mol. The average molecular weight is 340 g/mol. The minimum atomic E-state index is -0.229. The first-order chi connectivity index (χ1) is 12.8. The average Bonchev–Trinajstić information content (AvgIpc) is 2.71. The van der Waals surface area contributed by atoms with E-state index < -0.39 is 0 Å². The molecule has 2 nitrogen and oxygen atoms in total. The highest BCUT2D eigenvalue weighted by molar-refractivity contribution is 5.84. The maximum absolute atomic E-state index is 12.9. The van der Waals surface area contributed by atoms with E-state index in [0.29, 0.717) is 12.2 Å². The van der Waals surface area contributed by atoms with Gasteiger partial charge in [-0.05, 0) is 23.6 Å². The molecule has 1 aliphatic rings. The lowest BCUT2D eigenvalue weighted by Crippen LogP contribution is -2.29. The van der Waals surface area contributed by atoms with Crippen molar-refractivity contribution in [1.29, 1.82) is 0 Å². The Morgan fingerprint density at radius 2 is 1.31 bits per heavy atom. The standard InChI is InChI=1S/C24H20O2/c25-24-22(16-18-10-4-1-5-11-18)21(19-12-6-2-7-13-19)17-23(26-24)20-14-8-3-9-15-20/h1-15,17,21-22H,16H2/t21-,22+/m1/s1. The Balaban J connectivity index is 1.73. The summed E-state index contributed by atoms with van der Waals surface area (Å²) in [4.78, 5) is 12.9. The fraction of sp³-hybridized carbons (Fsp3) is 0.125. The molecule has 128 valence electrons. The number of rotatable bonds is 4. The predicted molar refractivity (Wildman–Crippen MR) is 103 cm³/mol. The minimum Gasteiger partial charge on any atom is -0.426 e. The molecule has 0 spiro atoms. The Morgan fingerprint density at radius 3 is 1.96 bits per heavy atom. The second-order valence-corrected chi connectivity index (χ2v) is 6.55. The second kappa shape index (κ2) is 7.40. The molecule has 0 saturated carbocycles. The molecule has 0 radical (unpaired) electrons. The molecule has 2 atom stereocenters. The second-order valence-electron chi connectivity index (χ2n) is 6.55. The van der Waals surface area contributed by atoms with Gasteiger partial charge in [0.1, 0.15) is 5.76 Å². The van der Waals surface area contributed by atoms with Crippen LogP contribution in [0.1, 0.15) is 22.6 Å². The van der Waals surface area contributed by atoms with E-state index in [9.17, 15) is 4.79 Å². The molecule has 0 aromatic heterocycles. The van der Waals surface area contributed by atoms with Gasteiger partial charge in [-0.1, -0.05) is 91.0 Å². The first kappa shape index (κ1) is 16.3. The summed E-state index contributed by atoms with van der Waals surface area (Å²) in [5, 5.41) is 0. The lowest BCUT2D eigenvalue weighted by molar-refractivity contribution is -0.142. The highest BCUT2D eigenvalue weighted by Crippen LogP contribution is 2.37. The molecule has 0 N–H and O–H groups in total. The van der Waals surface area contributed by atoms with Crippen molar-refractivity contribution < 1.29 is 9.53 Å². The molecule has 0 unspecified atom stereocenters. The van der Waals surface area contributed by atoms with Gasteiger partial charge in [-0.25, -0.2) is 0 Å². The number of allylic oxidation sites excluding steroid dienone is 1. The Hall–Kier alpha value is -3.13. The molecule has 2 heteroatoms. The maximum Gasteiger partial charge on any atom is 0.315 e. The SMILES string of the molecule is O=C1OC(c2ccccc2)=C[C@H](c2ccccc2)[C@@H]1Cc1ccccc1. The highest BCUT2D eigenvalue weighted by Gasteiger charge is 2.35. The van der Waals surface area contributed by atoms with Crippen LogP contribution in [-0.2, 0) is 16.0 Å². The predicted octanol–water partition coefficient (Wildman–Crippen LogP) is 5.23. The lowest BCUT2D eigenvalue weighted by Gasteiger charge is -2.29. The third-order valence-corrected chi connectivity index (χ3v) is 4.82. The molecule has 0 bridgehead atoms. The fourth-order valence-electron chi connectivity index (χ4n) is 3.48. The van der Waals surface area contributed by atoms with Crippen molar-refractivity contribution in [2.75, 3.05) is 0 Å². The van der Waals surface area contributed by atoms with Gasteiger partial charge in [-0.15, -0.1) is 0 Å². The number of carbonyl (C=O) groups is 1. The Kier molecular flexibility index (Phi) is 4.65. The van der Waals surface area contributed by atoms with Gasteiger partial charge in [0.25, 0.3) is 0 Å². The zero-order chi connectivity index (χ0) is 17.8. The number of hydrogen-bond acceptors (Lipinski definition) is 2. The van der Waals surface area contributed by atoms with E-state index in [4.69, 9.17) is 4.74 Å². The number of cyclic esters (lactones) is 1. The van der Waals surface area contributed by atoms with Gasteiger partial charge in [0.05, 0.1) is 5.92 Å². The first-order valence-corrected chi connectivity index (χ1v) is 8.89. The van der Waals surface area contributed by atoms with Gasteiger partial charge in [-0.2, -0.15) is 0 Å². The van der Waals surface area contributed by atoms with Crippen LogP contribution in [0, 0.1) is 5.92 Å². The summed E-state index contributed by atoms with van der Waals surface area (Å²) in [7, 11) is 0. The van der Waals surface area contributed by atoms with Crippen LogP contribution in [0.25, 0.3) is 5.76 Å². The molecule has 0 aliphatic carbocycles. The molecular formula is C24H20O2. The Labute approximate surface area is 153 Å².